The van der Waals surface area contributed by atoms with Gasteiger partial charge in [0.2, 0.25) is 0 Å². The van der Waals surface area contributed by atoms with Gasteiger partial charge in [0, 0.05) is 36.4 Å². The Hall–Kier alpha value is -3.68. The number of benzene rings is 2. The average Bonchev–Trinajstić information content (AvgIpc) is 3.61. The summed E-state index contributed by atoms with van der Waals surface area (Å²) in [5, 5.41) is 10.3. The molecule has 3 heterocycles. The van der Waals surface area contributed by atoms with Gasteiger partial charge in [0.25, 0.3) is 5.91 Å². The first kappa shape index (κ1) is 20.2. The highest BCUT2D eigenvalue weighted by Crippen LogP contribution is 2.31. The first-order valence-corrected chi connectivity index (χ1v) is 11.1. The molecule has 5 rings (SSSR count). The standard InChI is InChI=1S/C24H26N6O2/c31-23(29-14-4-5-15-29)18-10-12-19(13-11-18)25-24(32)30-16-6-9-20(30)22-26-21(27-28-22)17-7-2-1-3-8-17/h1-3,7-8,10-13,20H,4-6,9,14-16H2,(H,25,32)(H,26,27,28). The summed E-state index contributed by atoms with van der Waals surface area (Å²) < 4.78 is 0. The van der Waals surface area contributed by atoms with Crippen LogP contribution in [0, 0.1) is 0 Å². The second-order valence-corrected chi connectivity index (χ2v) is 8.27. The van der Waals surface area contributed by atoms with E-state index in [4.69, 9.17) is 0 Å². The van der Waals surface area contributed by atoms with Crippen LogP contribution in [0.25, 0.3) is 11.4 Å². The molecule has 8 nitrogen and oxygen atoms in total. The predicted octanol–water partition coefficient (Wildman–Crippen LogP) is 4.08. The van der Waals surface area contributed by atoms with Gasteiger partial charge in [-0.1, -0.05) is 30.3 Å². The SMILES string of the molecule is O=C(c1ccc(NC(=O)N2CCCC2c2nc(-c3ccccc3)n[nH]2)cc1)N1CCCC1. The molecule has 3 amide bonds. The molecule has 32 heavy (non-hydrogen) atoms. The molecule has 1 unspecified atom stereocenters. The lowest BCUT2D eigenvalue weighted by Gasteiger charge is -2.23. The number of nitrogens with one attached hydrogen (secondary N) is 2. The van der Waals surface area contributed by atoms with Crippen LogP contribution in [0.2, 0.25) is 0 Å². The molecule has 1 atom stereocenters. The van der Waals surface area contributed by atoms with Crippen LogP contribution >= 0.6 is 0 Å². The van der Waals surface area contributed by atoms with E-state index in [0.717, 1.165) is 44.3 Å². The summed E-state index contributed by atoms with van der Waals surface area (Å²) in [6.45, 7) is 2.30. The van der Waals surface area contributed by atoms with Crippen LogP contribution < -0.4 is 5.32 Å². The molecule has 2 N–H and O–H groups in total. The van der Waals surface area contributed by atoms with Gasteiger partial charge in [-0.2, -0.15) is 5.10 Å². The zero-order valence-electron chi connectivity index (χ0n) is 17.8. The first-order chi connectivity index (χ1) is 15.7. The van der Waals surface area contributed by atoms with Crippen molar-refractivity contribution in [1.29, 1.82) is 0 Å². The van der Waals surface area contributed by atoms with Gasteiger partial charge in [-0.25, -0.2) is 9.78 Å². The molecule has 0 aliphatic carbocycles. The Balaban J connectivity index is 1.25. The van der Waals surface area contributed by atoms with Crippen LogP contribution in [0.15, 0.2) is 54.6 Å². The van der Waals surface area contributed by atoms with E-state index in [1.807, 2.05) is 35.2 Å². The van der Waals surface area contributed by atoms with Crippen LogP contribution in [0.3, 0.4) is 0 Å². The van der Waals surface area contributed by atoms with E-state index in [-0.39, 0.29) is 18.0 Å². The lowest BCUT2D eigenvalue weighted by Crippen LogP contribution is -2.35. The number of carbonyl (C=O) groups excluding carboxylic acids is 2. The molecule has 2 fully saturated rings. The van der Waals surface area contributed by atoms with Crippen molar-refractivity contribution in [2.45, 2.75) is 31.7 Å². The monoisotopic (exact) mass is 430 g/mol. The third-order valence-corrected chi connectivity index (χ3v) is 6.14. The van der Waals surface area contributed by atoms with Crippen molar-refractivity contribution in [3.05, 3.63) is 66.0 Å². The van der Waals surface area contributed by atoms with E-state index >= 15 is 0 Å². The zero-order chi connectivity index (χ0) is 21.9. The Morgan fingerprint density at radius 3 is 2.44 bits per heavy atom. The second kappa shape index (κ2) is 8.82. The number of aromatic nitrogens is 3. The third kappa shape index (κ3) is 4.08. The van der Waals surface area contributed by atoms with Crippen LogP contribution in [0.5, 0.6) is 0 Å². The minimum absolute atomic E-state index is 0.0551. The summed E-state index contributed by atoms with van der Waals surface area (Å²) in [4.78, 5) is 33.8. The number of anilines is 1. The van der Waals surface area contributed by atoms with Crippen molar-refractivity contribution in [2.24, 2.45) is 0 Å². The average molecular weight is 431 g/mol. The number of rotatable bonds is 4. The van der Waals surface area contributed by atoms with Crippen molar-refractivity contribution in [3.8, 4) is 11.4 Å². The van der Waals surface area contributed by atoms with E-state index in [1.165, 1.54) is 0 Å². The lowest BCUT2D eigenvalue weighted by atomic mass is 10.2. The molecule has 0 spiro atoms. The van der Waals surface area contributed by atoms with Crippen molar-refractivity contribution in [2.75, 3.05) is 25.0 Å². The van der Waals surface area contributed by atoms with Gasteiger partial charge in [0.05, 0.1) is 6.04 Å². The highest BCUT2D eigenvalue weighted by atomic mass is 16.2. The fraction of sp³-hybridized carbons (Fsp3) is 0.333. The summed E-state index contributed by atoms with van der Waals surface area (Å²) >= 11 is 0. The number of aromatic amines is 1. The van der Waals surface area contributed by atoms with Crippen LogP contribution in [-0.4, -0.2) is 56.6 Å². The predicted molar refractivity (Wildman–Crippen MR) is 121 cm³/mol. The van der Waals surface area contributed by atoms with Gasteiger partial charge < -0.3 is 15.1 Å². The number of likely N-dealkylation sites (tertiary alicyclic amines) is 2. The molecular weight excluding hydrogens is 404 g/mol. The second-order valence-electron chi connectivity index (χ2n) is 8.27. The molecule has 0 bridgehead atoms. The molecule has 0 saturated carbocycles. The minimum Gasteiger partial charge on any atom is -0.339 e. The highest BCUT2D eigenvalue weighted by molar-refractivity contribution is 5.95. The molecule has 3 aromatic rings. The minimum atomic E-state index is -0.177. The molecule has 2 saturated heterocycles. The third-order valence-electron chi connectivity index (χ3n) is 6.14. The Bertz CT molecular complexity index is 1090. The molecule has 2 aliphatic rings. The van der Waals surface area contributed by atoms with Gasteiger partial charge >= 0.3 is 6.03 Å². The Morgan fingerprint density at radius 1 is 0.938 bits per heavy atom. The van der Waals surface area contributed by atoms with Crippen LogP contribution in [0.4, 0.5) is 10.5 Å². The first-order valence-electron chi connectivity index (χ1n) is 11.1. The van der Waals surface area contributed by atoms with Gasteiger partial charge in [-0.15, -0.1) is 0 Å². The van der Waals surface area contributed by atoms with E-state index in [0.29, 0.717) is 29.4 Å². The number of nitrogens with zero attached hydrogens (tertiary/aromatic N) is 4. The topological polar surface area (TPSA) is 94.2 Å². The van der Waals surface area contributed by atoms with E-state index < -0.39 is 0 Å². The number of H-pyrrole nitrogens is 1. The van der Waals surface area contributed by atoms with Crippen LogP contribution in [-0.2, 0) is 0 Å². The molecule has 0 radical (unpaired) electrons. The summed E-state index contributed by atoms with van der Waals surface area (Å²) in [5.74, 6) is 1.38. The highest BCUT2D eigenvalue weighted by Gasteiger charge is 2.32. The maximum absolute atomic E-state index is 13.0. The fourth-order valence-corrected chi connectivity index (χ4v) is 4.43. The van der Waals surface area contributed by atoms with Gasteiger partial charge in [0.1, 0.15) is 5.82 Å². The van der Waals surface area contributed by atoms with Crippen molar-refractivity contribution < 1.29 is 9.59 Å². The zero-order valence-corrected chi connectivity index (χ0v) is 17.8. The van der Waals surface area contributed by atoms with E-state index in [9.17, 15) is 9.59 Å². The molecule has 2 aromatic carbocycles. The Kier molecular flexibility index (Phi) is 5.58. The van der Waals surface area contributed by atoms with Crippen molar-refractivity contribution >= 4 is 17.6 Å². The van der Waals surface area contributed by atoms with E-state index in [2.05, 4.69) is 20.5 Å². The van der Waals surface area contributed by atoms with Gasteiger partial charge in [-0.05, 0) is 49.9 Å². The van der Waals surface area contributed by atoms with Crippen molar-refractivity contribution in [1.82, 2.24) is 25.0 Å². The largest absolute Gasteiger partial charge is 0.339 e. The fourth-order valence-electron chi connectivity index (χ4n) is 4.43. The molecule has 1 aromatic heterocycles. The molecule has 8 heteroatoms. The maximum Gasteiger partial charge on any atom is 0.322 e. The Morgan fingerprint density at radius 2 is 1.69 bits per heavy atom. The number of hydrogen-bond acceptors (Lipinski definition) is 4. The molecular formula is C24H26N6O2. The lowest BCUT2D eigenvalue weighted by molar-refractivity contribution is 0.0793. The summed E-state index contributed by atoms with van der Waals surface area (Å²) in [6, 6.07) is 16.6. The number of carbonyl (C=O) groups is 2. The maximum atomic E-state index is 13.0. The van der Waals surface area contributed by atoms with Crippen molar-refractivity contribution in [3.63, 3.8) is 0 Å². The number of amides is 3. The summed E-state index contributed by atoms with van der Waals surface area (Å²) in [6.07, 6.45) is 3.87. The summed E-state index contributed by atoms with van der Waals surface area (Å²) in [5.41, 5.74) is 2.26. The van der Waals surface area contributed by atoms with Gasteiger partial charge in [-0.3, -0.25) is 9.89 Å². The normalized spacial score (nSPS) is 18.2. The quantitative estimate of drug-likeness (QED) is 0.652. The Labute approximate surface area is 186 Å². The van der Waals surface area contributed by atoms with E-state index in [1.54, 1.807) is 29.2 Å². The molecule has 164 valence electrons. The van der Waals surface area contributed by atoms with Gasteiger partial charge in [0.15, 0.2) is 5.82 Å². The smallest absolute Gasteiger partial charge is 0.322 e. The number of urea groups is 1. The van der Waals surface area contributed by atoms with Crippen LogP contribution in [0.1, 0.15) is 47.9 Å². The molecule has 2 aliphatic heterocycles. The summed E-state index contributed by atoms with van der Waals surface area (Å²) in [7, 11) is 0. The number of hydrogen-bond donors (Lipinski definition) is 2.